The minimum Gasteiger partial charge on any atom is -0.850 e. The molecule has 0 aliphatic carbocycles. The van der Waals surface area contributed by atoms with Gasteiger partial charge in [-0.15, -0.1) is 0 Å². The van der Waals surface area contributed by atoms with Gasteiger partial charge in [-0.1, -0.05) is 5.79 Å². The Morgan fingerprint density at radius 1 is 0.806 bits per heavy atom. The molecule has 3 heterocycles. The predicted octanol–water partition coefficient (Wildman–Crippen LogP) is -8.44. The van der Waals surface area contributed by atoms with Crippen LogP contribution in [-0.2, 0) is 44.7 Å². The second-order valence-corrected chi connectivity index (χ2v) is 8.62. The fourth-order valence-corrected chi connectivity index (χ4v) is 4.08. The van der Waals surface area contributed by atoms with E-state index in [0.717, 1.165) is 0 Å². The topological polar surface area (TPSA) is 309 Å². The average molecular weight is 699 g/mol. The summed E-state index contributed by atoms with van der Waals surface area (Å²) in [7, 11) is 0. The number of rotatable bonds is 7. The molecule has 3 aliphatic heterocycles. The van der Waals surface area contributed by atoms with E-state index in [1.807, 2.05) is 0 Å². The van der Waals surface area contributed by atoms with Gasteiger partial charge in [-0.3, -0.25) is 0 Å². The van der Waals surface area contributed by atoms with E-state index >= 15 is 0 Å². The predicted molar refractivity (Wildman–Crippen MR) is 105 cm³/mol. The molecule has 0 saturated carbocycles. The molecule has 17 nitrogen and oxygen atoms in total. The number of aliphatic hydroxyl groups is 8. The van der Waals surface area contributed by atoms with Gasteiger partial charge in [0, 0.05) is 6.61 Å². The van der Waals surface area contributed by atoms with Crippen molar-refractivity contribution < 1.29 is 90.7 Å². The summed E-state index contributed by atoms with van der Waals surface area (Å²) in [5, 5.41) is 91.7. The number of aliphatic hydroxyl groups excluding tert-OH is 8. The van der Waals surface area contributed by atoms with Crippen molar-refractivity contribution in [3.63, 3.8) is 0 Å². The Morgan fingerprint density at radius 3 is 1.83 bits per heavy atom. The van der Waals surface area contributed by atoms with E-state index < -0.39 is 111 Å². The van der Waals surface area contributed by atoms with Crippen LogP contribution in [0.5, 0.6) is 0 Å². The third kappa shape index (κ3) is 6.09. The Morgan fingerprint density at radius 2 is 1.31 bits per heavy atom. The first-order valence-corrected chi connectivity index (χ1v) is 10.8. The normalized spacial score (nSPS) is 50.5. The van der Waals surface area contributed by atoms with Crippen LogP contribution in [-0.4, -0.2) is 146 Å². The number of hydrogen-bond acceptors (Lipinski definition) is 17. The fourth-order valence-electron chi connectivity index (χ4n) is 4.08. The molecule has 0 bridgehead atoms. The van der Waals surface area contributed by atoms with Crippen molar-refractivity contribution in [2.24, 2.45) is 17.2 Å². The Labute approximate surface area is 219 Å². The summed E-state index contributed by atoms with van der Waals surface area (Å²) in [5.74, 6) is -2.97. The quantitative estimate of drug-likeness (QED) is 0.110. The third-order valence-electron chi connectivity index (χ3n) is 6.27. The van der Waals surface area contributed by atoms with Gasteiger partial charge in [-0.05, 0) is 6.10 Å². The van der Waals surface area contributed by atoms with Crippen LogP contribution in [0.1, 0.15) is 0 Å². The van der Waals surface area contributed by atoms with Crippen molar-refractivity contribution in [2.45, 2.75) is 85.5 Å². The van der Waals surface area contributed by atoms with Gasteiger partial charge in [0.1, 0.15) is 36.6 Å². The van der Waals surface area contributed by atoms with Crippen molar-refractivity contribution in [3.8, 4) is 0 Å². The van der Waals surface area contributed by atoms with Gasteiger partial charge in [0.2, 0.25) is 0 Å². The molecule has 3 aliphatic rings. The zero-order valence-corrected chi connectivity index (χ0v) is 21.7. The average Bonchev–Trinajstić information content (AvgIpc) is 2.85. The van der Waals surface area contributed by atoms with Crippen LogP contribution in [0, 0.1) is 6.10 Å². The van der Waals surface area contributed by atoms with Crippen molar-refractivity contribution in [1.82, 2.24) is 0 Å². The third-order valence-corrected chi connectivity index (χ3v) is 6.27. The van der Waals surface area contributed by atoms with Crippen LogP contribution in [0.4, 0.5) is 0 Å². The van der Waals surface area contributed by atoms with Gasteiger partial charge in [0.15, 0.2) is 18.9 Å². The molecule has 0 radical (unpaired) electrons. The zero-order valence-electron chi connectivity index (χ0n) is 18.8. The standard InChI is InChI=1S/C18H33N3O14.W/c19-6-9(25)12(4(1-22)31-15(6)29)33-16-7(20)10(26)13(5(2-23)32-16)34-17-8(21)11(27)14(28)18(30,3-24)35-17;/h4-13,15-17,22-29H,1-3,19-21H2;/q-2;+2/t4-,5-,6-,7-,8-,9-,10-,11-,12?,13?,15-,16+,17+,18-;/m1./s1. The van der Waals surface area contributed by atoms with Gasteiger partial charge in [0.05, 0.1) is 31.3 Å². The first kappa shape index (κ1) is 32.2. The summed E-state index contributed by atoms with van der Waals surface area (Å²) < 4.78 is 26.8. The van der Waals surface area contributed by atoms with Crippen molar-refractivity contribution in [2.75, 3.05) is 19.8 Å². The Kier molecular flexibility index (Phi) is 11.6. The summed E-state index contributed by atoms with van der Waals surface area (Å²) in [6, 6.07) is -4.26. The maximum Gasteiger partial charge on any atom is 2.00 e. The summed E-state index contributed by atoms with van der Waals surface area (Å²) in [5.41, 5.74) is 17.4. The molecular weight excluding hydrogens is 666 g/mol. The smallest absolute Gasteiger partial charge is 0.850 e. The van der Waals surface area contributed by atoms with Crippen molar-refractivity contribution >= 4 is 0 Å². The van der Waals surface area contributed by atoms with E-state index in [0.29, 0.717) is 0 Å². The zero-order chi connectivity index (χ0) is 26.2. The molecule has 0 aromatic carbocycles. The molecule has 3 fully saturated rings. The molecule has 0 aromatic heterocycles. The largest absolute Gasteiger partial charge is 2.00 e. The molecule has 0 aromatic rings. The van der Waals surface area contributed by atoms with E-state index in [4.69, 9.17) is 40.9 Å². The SMILES string of the molecule is N[C@H]1[C@@H](OC2[C@@H](CO)O[C@@H](OC3[C@@H](CO)O[C@@H](O)[C@H](N)[C@H]3O)[C@H](N)[C@H]2O)O[C@]([O-])(CO)[C-](O)[C@@H]1O.[W+2]. The number of ether oxygens (including phenoxy) is 5. The van der Waals surface area contributed by atoms with E-state index in [9.17, 15) is 46.0 Å². The number of nitrogens with two attached hydrogens (primary N) is 3. The van der Waals surface area contributed by atoms with Gasteiger partial charge in [-0.2, -0.15) is 6.10 Å². The molecule has 36 heavy (non-hydrogen) atoms. The fraction of sp³-hybridized carbons (Fsp3) is 0.944. The minimum absolute atomic E-state index is 0. The van der Waals surface area contributed by atoms with Crippen molar-refractivity contribution in [3.05, 3.63) is 6.10 Å². The second kappa shape index (κ2) is 12.9. The second-order valence-electron chi connectivity index (χ2n) is 8.62. The van der Waals surface area contributed by atoms with Crippen LogP contribution in [0.15, 0.2) is 0 Å². The monoisotopic (exact) mass is 699 g/mol. The van der Waals surface area contributed by atoms with Crippen LogP contribution >= 0.6 is 0 Å². The molecule has 2 unspecified atom stereocenters. The molecule has 0 amide bonds. The first-order chi connectivity index (χ1) is 16.4. The minimum atomic E-state index is -2.97. The van der Waals surface area contributed by atoms with Crippen LogP contribution < -0.4 is 22.3 Å². The summed E-state index contributed by atoms with van der Waals surface area (Å²) in [6.45, 7) is -2.75. The van der Waals surface area contributed by atoms with E-state index in [1.165, 1.54) is 0 Å². The molecule has 3 saturated heterocycles. The van der Waals surface area contributed by atoms with E-state index in [-0.39, 0.29) is 21.1 Å². The van der Waals surface area contributed by atoms with Crippen LogP contribution in [0.25, 0.3) is 0 Å². The summed E-state index contributed by atoms with van der Waals surface area (Å²) in [4.78, 5) is 0. The van der Waals surface area contributed by atoms with Crippen molar-refractivity contribution in [1.29, 1.82) is 0 Å². The van der Waals surface area contributed by atoms with Gasteiger partial charge in [-0.25, -0.2) is 0 Å². The number of hydrogen-bond donors (Lipinski definition) is 11. The molecular formula is C18H33N3O14W. The molecule has 0 spiro atoms. The Hall–Kier alpha value is 0.00831. The summed E-state index contributed by atoms with van der Waals surface area (Å²) >= 11 is 0. The Balaban J connectivity index is 0.00000456. The van der Waals surface area contributed by atoms with Gasteiger partial charge in [0.25, 0.3) is 0 Å². The van der Waals surface area contributed by atoms with E-state index in [2.05, 4.69) is 0 Å². The van der Waals surface area contributed by atoms with Crippen LogP contribution in [0.3, 0.4) is 0 Å². The molecule has 3 rings (SSSR count). The first-order valence-electron chi connectivity index (χ1n) is 10.8. The Bertz CT molecular complexity index is 699. The molecule has 14 atom stereocenters. The van der Waals surface area contributed by atoms with E-state index in [1.54, 1.807) is 0 Å². The van der Waals surface area contributed by atoms with Gasteiger partial charge < -0.3 is 86.8 Å². The maximum absolute atomic E-state index is 12.4. The molecule has 14 N–H and O–H groups in total. The van der Waals surface area contributed by atoms with Gasteiger partial charge >= 0.3 is 21.1 Å². The molecule has 18 heteroatoms. The van der Waals surface area contributed by atoms with Crippen LogP contribution in [0.2, 0.25) is 0 Å². The maximum atomic E-state index is 12.4. The molecule has 210 valence electrons. The summed E-state index contributed by atoms with van der Waals surface area (Å²) in [6.07, 6.45) is -16.7.